The van der Waals surface area contributed by atoms with Gasteiger partial charge in [0, 0.05) is 48.7 Å². The molecular formula is C29H32N4O4. The fourth-order valence-corrected chi connectivity index (χ4v) is 4.20. The van der Waals surface area contributed by atoms with E-state index in [-0.39, 0.29) is 11.8 Å². The van der Waals surface area contributed by atoms with Gasteiger partial charge < -0.3 is 19.7 Å². The van der Waals surface area contributed by atoms with Crippen LogP contribution in [0.4, 0.5) is 11.4 Å². The van der Waals surface area contributed by atoms with Crippen LogP contribution in [-0.2, 0) is 0 Å². The van der Waals surface area contributed by atoms with Crippen molar-refractivity contribution in [3.05, 3.63) is 83.4 Å². The second-order valence-corrected chi connectivity index (χ2v) is 8.62. The molecule has 3 aromatic carbocycles. The van der Waals surface area contributed by atoms with Gasteiger partial charge in [0.05, 0.1) is 19.4 Å². The zero-order chi connectivity index (χ0) is 26.4. The summed E-state index contributed by atoms with van der Waals surface area (Å²) in [6.07, 6.45) is 1.55. The van der Waals surface area contributed by atoms with Crippen LogP contribution in [0.2, 0.25) is 0 Å². The molecule has 2 amide bonds. The van der Waals surface area contributed by atoms with Gasteiger partial charge in [-0.3, -0.25) is 9.59 Å². The van der Waals surface area contributed by atoms with Gasteiger partial charge in [0.15, 0.2) is 11.5 Å². The smallest absolute Gasteiger partial charge is 0.274 e. The van der Waals surface area contributed by atoms with Crippen LogP contribution in [0.25, 0.3) is 0 Å². The standard InChI is InChI=1S/C29H32N4O4/c1-5-37-27-19-21(13-16-26(27)36-4)25-10-7-17-33(31-25)29(35)22-8-6-9-24(18-22)32(3)28(34)20-11-14-23(30-2)15-12-20/h6,8-9,11-16,18-19,30H,5,7,10,17H2,1-4H3. The molecule has 0 spiro atoms. The Bertz CT molecular complexity index is 1300. The Labute approximate surface area is 217 Å². The number of carbonyl (C=O) groups excluding carboxylic acids is 2. The van der Waals surface area contributed by atoms with E-state index in [1.165, 1.54) is 5.01 Å². The molecule has 0 bridgehead atoms. The number of nitrogens with zero attached hydrogens (tertiary/aromatic N) is 3. The molecule has 3 aromatic rings. The first-order valence-corrected chi connectivity index (χ1v) is 12.3. The molecule has 8 heteroatoms. The summed E-state index contributed by atoms with van der Waals surface area (Å²) in [6, 6.07) is 20.0. The second-order valence-electron chi connectivity index (χ2n) is 8.62. The molecule has 0 aromatic heterocycles. The summed E-state index contributed by atoms with van der Waals surface area (Å²) in [5.74, 6) is 0.935. The van der Waals surface area contributed by atoms with E-state index >= 15 is 0 Å². The maximum atomic E-state index is 13.4. The maximum absolute atomic E-state index is 13.4. The molecule has 1 aliphatic rings. The first-order valence-electron chi connectivity index (χ1n) is 12.3. The minimum atomic E-state index is -0.211. The molecule has 192 valence electrons. The Kier molecular flexibility index (Phi) is 8.08. The summed E-state index contributed by atoms with van der Waals surface area (Å²) in [5, 5.41) is 9.22. The first kappa shape index (κ1) is 25.8. The van der Waals surface area contributed by atoms with Crippen molar-refractivity contribution in [2.75, 3.05) is 44.6 Å². The lowest BCUT2D eigenvalue weighted by atomic mass is 10.0. The van der Waals surface area contributed by atoms with Crippen molar-refractivity contribution >= 4 is 28.9 Å². The van der Waals surface area contributed by atoms with E-state index < -0.39 is 0 Å². The van der Waals surface area contributed by atoms with E-state index in [0.29, 0.717) is 41.5 Å². The highest BCUT2D eigenvalue weighted by molar-refractivity contribution is 6.07. The summed E-state index contributed by atoms with van der Waals surface area (Å²) in [4.78, 5) is 28.0. The van der Waals surface area contributed by atoms with Gasteiger partial charge in [0.2, 0.25) is 0 Å². The van der Waals surface area contributed by atoms with Crippen molar-refractivity contribution in [1.82, 2.24) is 5.01 Å². The lowest BCUT2D eigenvalue weighted by Crippen LogP contribution is -2.32. The molecule has 1 aliphatic heterocycles. The van der Waals surface area contributed by atoms with Gasteiger partial charge in [-0.1, -0.05) is 6.07 Å². The summed E-state index contributed by atoms with van der Waals surface area (Å²) in [5.41, 5.74) is 4.30. The molecule has 0 unspecified atom stereocenters. The van der Waals surface area contributed by atoms with Crippen molar-refractivity contribution in [2.45, 2.75) is 19.8 Å². The van der Waals surface area contributed by atoms with Crippen LogP contribution in [0.3, 0.4) is 0 Å². The number of hydrogen-bond acceptors (Lipinski definition) is 6. The molecule has 8 nitrogen and oxygen atoms in total. The van der Waals surface area contributed by atoms with Gasteiger partial charge >= 0.3 is 0 Å². The Balaban J connectivity index is 1.54. The average Bonchev–Trinajstić information content (AvgIpc) is 2.96. The third kappa shape index (κ3) is 5.74. The van der Waals surface area contributed by atoms with Gasteiger partial charge in [-0.2, -0.15) is 5.10 Å². The van der Waals surface area contributed by atoms with Crippen molar-refractivity contribution in [3.63, 3.8) is 0 Å². The number of nitrogens with one attached hydrogen (secondary N) is 1. The highest BCUT2D eigenvalue weighted by atomic mass is 16.5. The number of rotatable bonds is 8. The van der Waals surface area contributed by atoms with E-state index in [4.69, 9.17) is 9.47 Å². The van der Waals surface area contributed by atoms with Crippen LogP contribution in [0, 0.1) is 0 Å². The van der Waals surface area contributed by atoms with Crippen molar-refractivity contribution in [2.24, 2.45) is 5.10 Å². The highest BCUT2D eigenvalue weighted by Crippen LogP contribution is 2.30. The molecule has 1 N–H and O–H groups in total. The highest BCUT2D eigenvalue weighted by Gasteiger charge is 2.23. The Hall–Kier alpha value is -4.33. The second kappa shape index (κ2) is 11.6. The predicted octanol–water partition coefficient (Wildman–Crippen LogP) is 5.05. The Morgan fingerprint density at radius 1 is 1.03 bits per heavy atom. The fraction of sp³-hybridized carbons (Fsp3) is 0.276. The van der Waals surface area contributed by atoms with Crippen molar-refractivity contribution in [3.8, 4) is 11.5 Å². The quantitative estimate of drug-likeness (QED) is 0.468. The molecule has 0 fully saturated rings. The van der Waals surface area contributed by atoms with Gasteiger partial charge in [0.1, 0.15) is 0 Å². The molecule has 0 saturated heterocycles. The molecule has 37 heavy (non-hydrogen) atoms. The molecule has 1 heterocycles. The topological polar surface area (TPSA) is 83.5 Å². The predicted molar refractivity (Wildman–Crippen MR) is 146 cm³/mol. The summed E-state index contributed by atoms with van der Waals surface area (Å²) in [7, 11) is 5.14. The van der Waals surface area contributed by atoms with Gasteiger partial charge in [-0.05, 0) is 80.4 Å². The van der Waals surface area contributed by atoms with E-state index in [1.54, 1.807) is 49.4 Å². The summed E-state index contributed by atoms with van der Waals surface area (Å²) in [6.45, 7) is 2.96. The molecule has 0 radical (unpaired) electrons. The molecular weight excluding hydrogens is 468 g/mol. The van der Waals surface area contributed by atoms with Crippen LogP contribution < -0.4 is 19.7 Å². The number of anilines is 2. The molecule has 0 atom stereocenters. The van der Waals surface area contributed by atoms with Crippen molar-refractivity contribution < 1.29 is 19.1 Å². The number of ether oxygens (including phenoxy) is 2. The van der Waals surface area contributed by atoms with Gasteiger partial charge in [0.25, 0.3) is 11.8 Å². The van der Waals surface area contributed by atoms with Gasteiger partial charge in [-0.25, -0.2) is 5.01 Å². The lowest BCUT2D eigenvalue weighted by Gasteiger charge is -2.25. The Morgan fingerprint density at radius 2 is 1.81 bits per heavy atom. The average molecular weight is 501 g/mol. The normalized spacial score (nSPS) is 13.0. The SMILES string of the molecule is CCOc1cc(C2=NN(C(=O)c3cccc(N(C)C(=O)c4ccc(NC)cc4)c3)CCC2)ccc1OC. The third-order valence-corrected chi connectivity index (χ3v) is 6.26. The zero-order valence-electron chi connectivity index (χ0n) is 21.7. The van der Waals surface area contributed by atoms with E-state index in [0.717, 1.165) is 29.8 Å². The van der Waals surface area contributed by atoms with Gasteiger partial charge in [-0.15, -0.1) is 0 Å². The lowest BCUT2D eigenvalue weighted by molar-refractivity contribution is 0.0751. The maximum Gasteiger partial charge on any atom is 0.274 e. The minimum Gasteiger partial charge on any atom is -0.493 e. The van der Waals surface area contributed by atoms with E-state index in [2.05, 4.69) is 10.4 Å². The van der Waals surface area contributed by atoms with Crippen LogP contribution in [0.1, 0.15) is 46.0 Å². The summed E-state index contributed by atoms with van der Waals surface area (Å²) < 4.78 is 11.1. The third-order valence-electron chi connectivity index (χ3n) is 6.26. The number of carbonyl (C=O) groups is 2. The van der Waals surface area contributed by atoms with Crippen LogP contribution >= 0.6 is 0 Å². The number of amides is 2. The Morgan fingerprint density at radius 3 is 2.51 bits per heavy atom. The minimum absolute atomic E-state index is 0.157. The molecule has 0 saturated carbocycles. The fourth-order valence-electron chi connectivity index (χ4n) is 4.20. The first-order chi connectivity index (χ1) is 17.9. The zero-order valence-corrected chi connectivity index (χ0v) is 21.7. The largest absolute Gasteiger partial charge is 0.493 e. The molecule has 4 rings (SSSR count). The number of benzene rings is 3. The van der Waals surface area contributed by atoms with Crippen LogP contribution in [-0.4, -0.2) is 56.9 Å². The van der Waals surface area contributed by atoms with Crippen LogP contribution in [0.15, 0.2) is 71.8 Å². The number of hydrogen-bond donors (Lipinski definition) is 1. The summed E-state index contributed by atoms with van der Waals surface area (Å²) >= 11 is 0. The van der Waals surface area contributed by atoms with Crippen LogP contribution in [0.5, 0.6) is 11.5 Å². The number of methoxy groups -OCH3 is 1. The van der Waals surface area contributed by atoms with Crippen molar-refractivity contribution in [1.29, 1.82) is 0 Å². The van der Waals surface area contributed by atoms with E-state index in [1.807, 2.05) is 50.4 Å². The van der Waals surface area contributed by atoms with E-state index in [9.17, 15) is 9.59 Å². The molecule has 0 aliphatic carbocycles. The monoisotopic (exact) mass is 500 g/mol. The number of hydrazone groups is 1.